The lowest BCUT2D eigenvalue weighted by Crippen LogP contribution is -2.25. The first kappa shape index (κ1) is 10.2. The number of rotatable bonds is 4. The molecule has 4 nitrogen and oxygen atoms in total. The number of nitrogens with two attached hydrogens (primary N) is 1. The molecule has 0 spiro atoms. The van der Waals surface area contributed by atoms with E-state index in [4.69, 9.17) is 5.73 Å². The molecule has 0 bridgehead atoms. The zero-order valence-electron chi connectivity index (χ0n) is 7.93. The van der Waals surface area contributed by atoms with E-state index in [2.05, 4.69) is 9.99 Å². The molecular weight excluding hydrogens is 180 g/mol. The van der Waals surface area contributed by atoms with Gasteiger partial charge in [0, 0.05) is 6.42 Å². The summed E-state index contributed by atoms with van der Waals surface area (Å²) in [5.41, 5.74) is 6.32. The summed E-state index contributed by atoms with van der Waals surface area (Å²) in [6.07, 6.45) is 0.393. The second-order valence-corrected chi connectivity index (χ2v) is 2.75. The van der Waals surface area contributed by atoms with Crippen LogP contribution in [0.25, 0.3) is 0 Å². The molecule has 1 aromatic rings. The Morgan fingerprint density at radius 2 is 2.07 bits per heavy atom. The zero-order valence-corrected chi connectivity index (χ0v) is 7.93. The van der Waals surface area contributed by atoms with E-state index in [0.717, 1.165) is 5.56 Å². The van der Waals surface area contributed by atoms with Gasteiger partial charge < -0.3 is 10.6 Å². The molecule has 4 heteroatoms. The van der Waals surface area contributed by atoms with Crippen molar-refractivity contribution < 1.29 is 9.63 Å². The molecule has 0 radical (unpaired) electrons. The van der Waals surface area contributed by atoms with E-state index < -0.39 is 5.91 Å². The summed E-state index contributed by atoms with van der Waals surface area (Å²) >= 11 is 0. The van der Waals surface area contributed by atoms with Crippen LogP contribution in [0.15, 0.2) is 35.5 Å². The number of oxime groups is 1. The fourth-order valence-electron chi connectivity index (χ4n) is 1.06. The van der Waals surface area contributed by atoms with E-state index in [9.17, 15) is 4.79 Å². The Morgan fingerprint density at radius 3 is 2.57 bits per heavy atom. The summed E-state index contributed by atoms with van der Waals surface area (Å²) in [6, 6.07) is 9.48. The molecular formula is C10H12N2O2. The quantitative estimate of drug-likeness (QED) is 0.564. The summed E-state index contributed by atoms with van der Waals surface area (Å²) in [7, 11) is 1.38. The highest BCUT2D eigenvalue weighted by Crippen LogP contribution is 2.01. The number of nitrogens with zero attached hydrogens (tertiary/aromatic N) is 1. The molecule has 0 aromatic heterocycles. The first-order valence-corrected chi connectivity index (χ1v) is 4.18. The fraction of sp³-hybridized carbons (Fsp3) is 0.200. The van der Waals surface area contributed by atoms with Crippen molar-refractivity contribution in [1.82, 2.24) is 0 Å². The van der Waals surface area contributed by atoms with E-state index in [1.54, 1.807) is 0 Å². The Kier molecular flexibility index (Phi) is 3.67. The van der Waals surface area contributed by atoms with Gasteiger partial charge in [-0.1, -0.05) is 35.5 Å². The number of carbonyl (C=O) groups excluding carboxylic acids is 1. The van der Waals surface area contributed by atoms with Crippen LogP contribution >= 0.6 is 0 Å². The molecule has 0 aliphatic carbocycles. The van der Waals surface area contributed by atoms with Gasteiger partial charge in [0.25, 0.3) is 5.91 Å². The third-order valence-electron chi connectivity index (χ3n) is 1.70. The molecule has 0 fully saturated rings. The Morgan fingerprint density at radius 1 is 1.43 bits per heavy atom. The van der Waals surface area contributed by atoms with Gasteiger partial charge in [0.1, 0.15) is 12.8 Å². The maximum atomic E-state index is 10.9. The molecule has 2 N–H and O–H groups in total. The zero-order chi connectivity index (χ0) is 10.4. The summed E-state index contributed by atoms with van der Waals surface area (Å²) in [6.45, 7) is 0. The minimum absolute atomic E-state index is 0.221. The van der Waals surface area contributed by atoms with Gasteiger partial charge in [-0.25, -0.2) is 0 Å². The van der Waals surface area contributed by atoms with Crippen molar-refractivity contribution in [2.45, 2.75) is 6.42 Å². The van der Waals surface area contributed by atoms with Crippen LogP contribution in [0.1, 0.15) is 5.56 Å². The van der Waals surface area contributed by atoms with E-state index in [0.29, 0.717) is 6.42 Å². The van der Waals surface area contributed by atoms with Crippen molar-refractivity contribution in [3.8, 4) is 0 Å². The summed E-state index contributed by atoms with van der Waals surface area (Å²) in [5, 5.41) is 3.56. The summed E-state index contributed by atoms with van der Waals surface area (Å²) < 4.78 is 0. The first-order valence-electron chi connectivity index (χ1n) is 4.18. The lowest BCUT2D eigenvalue weighted by molar-refractivity contribution is -0.112. The average molecular weight is 192 g/mol. The number of primary amides is 1. The molecule has 1 aromatic carbocycles. The van der Waals surface area contributed by atoms with Gasteiger partial charge in [-0.05, 0) is 5.56 Å². The van der Waals surface area contributed by atoms with Gasteiger partial charge >= 0.3 is 0 Å². The standard InChI is InChI=1S/C10H12N2O2/c1-14-12-9(10(11)13)7-8-5-3-2-4-6-8/h2-6H,7H2,1H3,(H2,11,13). The van der Waals surface area contributed by atoms with Gasteiger partial charge in [-0.2, -0.15) is 0 Å². The van der Waals surface area contributed by atoms with Crippen molar-refractivity contribution in [2.75, 3.05) is 7.11 Å². The lowest BCUT2D eigenvalue weighted by Gasteiger charge is -2.01. The van der Waals surface area contributed by atoms with Crippen LogP contribution in [-0.2, 0) is 16.1 Å². The third-order valence-corrected chi connectivity index (χ3v) is 1.70. The van der Waals surface area contributed by atoms with E-state index >= 15 is 0 Å². The van der Waals surface area contributed by atoms with E-state index in [1.807, 2.05) is 30.3 Å². The number of benzene rings is 1. The minimum Gasteiger partial charge on any atom is -0.399 e. The molecule has 0 aliphatic rings. The monoisotopic (exact) mass is 192 g/mol. The Bertz CT molecular complexity index is 333. The molecule has 14 heavy (non-hydrogen) atoms. The van der Waals surface area contributed by atoms with Crippen LogP contribution in [-0.4, -0.2) is 18.7 Å². The van der Waals surface area contributed by atoms with Crippen LogP contribution in [0.4, 0.5) is 0 Å². The Hall–Kier alpha value is -1.84. The molecule has 1 amide bonds. The van der Waals surface area contributed by atoms with Crippen LogP contribution < -0.4 is 5.73 Å². The topological polar surface area (TPSA) is 64.7 Å². The summed E-state index contributed by atoms with van der Waals surface area (Å²) in [4.78, 5) is 15.4. The van der Waals surface area contributed by atoms with Crippen LogP contribution in [0.3, 0.4) is 0 Å². The Balaban J connectivity index is 2.76. The second-order valence-electron chi connectivity index (χ2n) is 2.75. The van der Waals surface area contributed by atoms with Crippen molar-refractivity contribution in [2.24, 2.45) is 10.9 Å². The predicted octanol–water partition coefficient (Wildman–Crippen LogP) is 0.717. The molecule has 0 atom stereocenters. The predicted molar refractivity (Wildman–Crippen MR) is 53.8 cm³/mol. The highest BCUT2D eigenvalue weighted by Gasteiger charge is 2.08. The van der Waals surface area contributed by atoms with Crippen LogP contribution in [0.5, 0.6) is 0 Å². The number of hydrogen-bond acceptors (Lipinski definition) is 3. The van der Waals surface area contributed by atoms with Crippen LogP contribution in [0, 0.1) is 0 Å². The minimum atomic E-state index is -0.560. The van der Waals surface area contributed by atoms with Crippen molar-refractivity contribution >= 4 is 11.6 Å². The first-order chi connectivity index (χ1) is 6.74. The maximum absolute atomic E-state index is 10.9. The summed E-state index contributed by atoms with van der Waals surface area (Å²) in [5.74, 6) is -0.560. The second kappa shape index (κ2) is 5.01. The molecule has 0 heterocycles. The van der Waals surface area contributed by atoms with Gasteiger partial charge in [0.2, 0.25) is 0 Å². The molecule has 0 saturated carbocycles. The van der Waals surface area contributed by atoms with E-state index in [-0.39, 0.29) is 5.71 Å². The highest BCUT2D eigenvalue weighted by atomic mass is 16.6. The number of hydrogen-bond donors (Lipinski definition) is 1. The molecule has 0 unspecified atom stereocenters. The maximum Gasteiger partial charge on any atom is 0.266 e. The number of amides is 1. The Labute approximate surface area is 82.4 Å². The van der Waals surface area contributed by atoms with Gasteiger partial charge in [-0.3, -0.25) is 4.79 Å². The van der Waals surface area contributed by atoms with E-state index in [1.165, 1.54) is 7.11 Å². The number of carbonyl (C=O) groups is 1. The van der Waals surface area contributed by atoms with Crippen LogP contribution in [0.2, 0.25) is 0 Å². The van der Waals surface area contributed by atoms with Crippen molar-refractivity contribution in [3.05, 3.63) is 35.9 Å². The highest BCUT2D eigenvalue weighted by molar-refractivity contribution is 6.38. The van der Waals surface area contributed by atoms with Gasteiger partial charge in [0.05, 0.1) is 0 Å². The molecule has 0 aliphatic heterocycles. The third kappa shape index (κ3) is 2.90. The van der Waals surface area contributed by atoms with Gasteiger partial charge in [-0.15, -0.1) is 0 Å². The van der Waals surface area contributed by atoms with Crippen molar-refractivity contribution in [3.63, 3.8) is 0 Å². The lowest BCUT2D eigenvalue weighted by atomic mass is 10.1. The normalized spacial score (nSPS) is 11.1. The molecule has 74 valence electrons. The smallest absolute Gasteiger partial charge is 0.266 e. The van der Waals surface area contributed by atoms with Crippen molar-refractivity contribution in [1.29, 1.82) is 0 Å². The molecule has 1 rings (SSSR count). The molecule has 0 saturated heterocycles. The SMILES string of the molecule is CON=C(Cc1ccccc1)C(N)=O. The fourth-order valence-corrected chi connectivity index (χ4v) is 1.06. The largest absolute Gasteiger partial charge is 0.399 e. The average Bonchev–Trinajstić information content (AvgIpc) is 2.18. The van der Waals surface area contributed by atoms with Gasteiger partial charge in [0.15, 0.2) is 0 Å².